The second kappa shape index (κ2) is 10.5. The van der Waals surface area contributed by atoms with E-state index >= 15 is 0 Å². The minimum absolute atomic E-state index is 0.160. The van der Waals surface area contributed by atoms with E-state index < -0.39 is 0 Å². The van der Waals surface area contributed by atoms with Crippen LogP contribution in [0.1, 0.15) is 44.0 Å². The summed E-state index contributed by atoms with van der Waals surface area (Å²) in [5, 5.41) is 7.71. The van der Waals surface area contributed by atoms with Crippen LogP contribution in [0.5, 0.6) is 11.5 Å². The summed E-state index contributed by atoms with van der Waals surface area (Å²) < 4.78 is 13.5. The smallest absolute Gasteiger partial charge is 0.251 e. The Morgan fingerprint density at radius 1 is 0.943 bits per heavy atom. The van der Waals surface area contributed by atoms with Gasteiger partial charge in [-0.3, -0.25) is 4.79 Å². The highest BCUT2D eigenvalue weighted by Gasteiger charge is 2.16. The van der Waals surface area contributed by atoms with Crippen LogP contribution in [0.2, 0.25) is 0 Å². The van der Waals surface area contributed by atoms with Gasteiger partial charge in [-0.1, -0.05) is 30.3 Å². The van der Waals surface area contributed by atoms with E-state index in [0.29, 0.717) is 24.5 Å². The zero-order valence-electron chi connectivity index (χ0n) is 20.9. The monoisotopic (exact) mass is 469 g/mol. The number of carbonyl (C=O) groups is 1. The molecule has 0 atom stereocenters. The van der Waals surface area contributed by atoms with Crippen molar-refractivity contribution < 1.29 is 14.3 Å². The molecule has 0 aliphatic heterocycles. The molecule has 0 aliphatic rings. The molecule has 3 aromatic carbocycles. The number of nitrogens with zero attached hydrogens (tertiary/aromatic N) is 2. The SMILES string of the molecule is COc1ccc(C(=O)NCc2c(C)nn(-c3ccccc3)c2C)cc1COc1cc(C)ccc1C. The lowest BCUT2D eigenvalue weighted by Gasteiger charge is -2.14. The van der Waals surface area contributed by atoms with E-state index in [1.54, 1.807) is 19.2 Å². The van der Waals surface area contributed by atoms with Gasteiger partial charge in [0.15, 0.2) is 0 Å². The van der Waals surface area contributed by atoms with Crippen molar-refractivity contribution in [3.05, 3.63) is 106 Å². The topological polar surface area (TPSA) is 65.4 Å². The number of hydrogen-bond donors (Lipinski definition) is 1. The maximum absolute atomic E-state index is 13.0. The van der Waals surface area contributed by atoms with Crippen LogP contribution in [0.4, 0.5) is 0 Å². The third kappa shape index (κ3) is 5.38. The van der Waals surface area contributed by atoms with Crippen LogP contribution in [-0.4, -0.2) is 22.8 Å². The number of aryl methyl sites for hydroxylation is 3. The first kappa shape index (κ1) is 24.1. The van der Waals surface area contributed by atoms with Crippen LogP contribution in [0.25, 0.3) is 5.69 Å². The Morgan fingerprint density at radius 3 is 2.46 bits per heavy atom. The normalized spacial score (nSPS) is 10.8. The third-order valence-electron chi connectivity index (χ3n) is 6.14. The molecule has 35 heavy (non-hydrogen) atoms. The molecule has 180 valence electrons. The average molecular weight is 470 g/mol. The Hall–Kier alpha value is -4.06. The van der Waals surface area contributed by atoms with Crippen molar-refractivity contribution in [1.29, 1.82) is 0 Å². The Labute approximate surface area is 206 Å². The van der Waals surface area contributed by atoms with Crippen molar-refractivity contribution >= 4 is 5.91 Å². The van der Waals surface area contributed by atoms with Crippen LogP contribution < -0.4 is 14.8 Å². The van der Waals surface area contributed by atoms with Crippen molar-refractivity contribution in [1.82, 2.24) is 15.1 Å². The Balaban J connectivity index is 1.48. The van der Waals surface area contributed by atoms with Gasteiger partial charge in [-0.2, -0.15) is 5.10 Å². The molecule has 0 fully saturated rings. The Kier molecular flexibility index (Phi) is 7.20. The molecule has 1 heterocycles. The number of amides is 1. The van der Waals surface area contributed by atoms with Gasteiger partial charge < -0.3 is 14.8 Å². The summed E-state index contributed by atoms with van der Waals surface area (Å²) in [6, 6.07) is 21.5. The van der Waals surface area contributed by atoms with E-state index in [1.807, 2.05) is 80.9 Å². The molecule has 6 heteroatoms. The van der Waals surface area contributed by atoms with E-state index in [-0.39, 0.29) is 5.91 Å². The number of hydrogen-bond acceptors (Lipinski definition) is 4. The molecule has 0 unspecified atom stereocenters. The van der Waals surface area contributed by atoms with Gasteiger partial charge in [0.05, 0.1) is 18.5 Å². The van der Waals surface area contributed by atoms with Gasteiger partial charge in [0.2, 0.25) is 0 Å². The fraction of sp³-hybridized carbons (Fsp3) is 0.241. The van der Waals surface area contributed by atoms with Gasteiger partial charge in [-0.25, -0.2) is 4.68 Å². The van der Waals surface area contributed by atoms with Gasteiger partial charge in [-0.15, -0.1) is 0 Å². The van der Waals surface area contributed by atoms with Crippen LogP contribution in [0.3, 0.4) is 0 Å². The van der Waals surface area contributed by atoms with Crippen molar-refractivity contribution in [2.45, 2.75) is 40.8 Å². The molecule has 0 saturated carbocycles. The summed E-state index contributed by atoms with van der Waals surface area (Å²) >= 11 is 0. The van der Waals surface area contributed by atoms with E-state index in [0.717, 1.165) is 45.1 Å². The first-order valence-corrected chi connectivity index (χ1v) is 11.6. The zero-order chi connectivity index (χ0) is 24.9. The van der Waals surface area contributed by atoms with E-state index in [2.05, 4.69) is 16.5 Å². The molecule has 6 nitrogen and oxygen atoms in total. The van der Waals surface area contributed by atoms with Gasteiger partial charge in [0.1, 0.15) is 18.1 Å². The van der Waals surface area contributed by atoms with E-state index in [1.165, 1.54) is 0 Å². The lowest BCUT2D eigenvalue weighted by Crippen LogP contribution is -2.23. The molecule has 0 bridgehead atoms. The van der Waals surface area contributed by atoms with Crippen LogP contribution in [0.15, 0.2) is 66.7 Å². The Morgan fingerprint density at radius 2 is 1.71 bits per heavy atom. The molecule has 0 spiro atoms. The minimum atomic E-state index is -0.160. The number of nitrogens with one attached hydrogen (secondary N) is 1. The quantitative estimate of drug-likeness (QED) is 0.364. The number of carbonyl (C=O) groups excluding carboxylic acids is 1. The number of para-hydroxylation sites is 1. The van der Waals surface area contributed by atoms with Gasteiger partial charge in [-0.05, 0) is 75.2 Å². The zero-order valence-corrected chi connectivity index (χ0v) is 20.9. The fourth-order valence-electron chi connectivity index (χ4n) is 4.07. The van der Waals surface area contributed by atoms with Crippen LogP contribution in [0, 0.1) is 27.7 Å². The van der Waals surface area contributed by atoms with Crippen LogP contribution in [-0.2, 0) is 13.2 Å². The van der Waals surface area contributed by atoms with Gasteiger partial charge in [0, 0.05) is 28.9 Å². The fourth-order valence-corrected chi connectivity index (χ4v) is 4.07. The molecule has 1 aromatic heterocycles. The summed E-state index contributed by atoms with van der Waals surface area (Å²) in [5.74, 6) is 1.35. The summed E-state index contributed by atoms with van der Waals surface area (Å²) in [6.07, 6.45) is 0. The standard InChI is InChI=1S/C29H31N3O3/c1-19-11-12-20(2)28(15-19)35-18-24-16-23(13-14-27(24)34-5)29(33)30-17-26-21(3)31-32(22(26)4)25-9-7-6-8-10-25/h6-16H,17-18H2,1-5H3,(H,30,33). The second-order valence-electron chi connectivity index (χ2n) is 8.66. The molecule has 0 radical (unpaired) electrons. The summed E-state index contributed by atoms with van der Waals surface area (Å²) in [5.41, 5.74) is 7.46. The number of methoxy groups -OCH3 is 1. The largest absolute Gasteiger partial charge is 0.496 e. The lowest BCUT2D eigenvalue weighted by atomic mass is 10.1. The number of aromatic nitrogens is 2. The maximum Gasteiger partial charge on any atom is 0.251 e. The van der Waals surface area contributed by atoms with Crippen molar-refractivity contribution in [3.63, 3.8) is 0 Å². The predicted molar refractivity (Wildman–Crippen MR) is 137 cm³/mol. The van der Waals surface area contributed by atoms with E-state index in [4.69, 9.17) is 9.47 Å². The van der Waals surface area contributed by atoms with Crippen molar-refractivity contribution in [2.24, 2.45) is 0 Å². The number of rotatable bonds is 8. The molecule has 1 amide bonds. The maximum atomic E-state index is 13.0. The second-order valence-corrected chi connectivity index (χ2v) is 8.66. The van der Waals surface area contributed by atoms with Crippen LogP contribution >= 0.6 is 0 Å². The first-order chi connectivity index (χ1) is 16.9. The highest BCUT2D eigenvalue weighted by atomic mass is 16.5. The van der Waals surface area contributed by atoms with E-state index in [9.17, 15) is 4.79 Å². The molecule has 4 aromatic rings. The first-order valence-electron chi connectivity index (χ1n) is 11.6. The highest BCUT2D eigenvalue weighted by Crippen LogP contribution is 2.25. The summed E-state index contributed by atoms with van der Waals surface area (Å²) in [7, 11) is 1.62. The predicted octanol–water partition coefficient (Wildman–Crippen LogP) is 5.62. The average Bonchev–Trinajstić information content (AvgIpc) is 3.16. The summed E-state index contributed by atoms with van der Waals surface area (Å²) in [6.45, 7) is 8.72. The molecule has 4 rings (SSSR count). The minimum Gasteiger partial charge on any atom is -0.496 e. The van der Waals surface area contributed by atoms with Crippen molar-refractivity contribution in [2.75, 3.05) is 7.11 Å². The molecule has 1 N–H and O–H groups in total. The van der Waals surface area contributed by atoms with Gasteiger partial charge in [0.25, 0.3) is 5.91 Å². The highest BCUT2D eigenvalue weighted by molar-refractivity contribution is 5.94. The molecular formula is C29H31N3O3. The van der Waals surface area contributed by atoms with Gasteiger partial charge >= 0.3 is 0 Å². The third-order valence-corrected chi connectivity index (χ3v) is 6.14. The Bertz CT molecular complexity index is 1340. The molecule has 0 aliphatic carbocycles. The summed E-state index contributed by atoms with van der Waals surface area (Å²) in [4.78, 5) is 13.0. The molecular weight excluding hydrogens is 438 g/mol. The number of benzene rings is 3. The lowest BCUT2D eigenvalue weighted by molar-refractivity contribution is 0.0950. The molecule has 0 saturated heterocycles. The van der Waals surface area contributed by atoms with Crippen molar-refractivity contribution in [3.8, 4) is 17.2 Å². The number of ether oxygens (including phenoxy) is 2.